The van der Waals surface area contributed by atoms with Gasteiger partial charge in [0.2, 0.25) is 5.24 Å². The molecule has 0 aliphatic heterocycles. The maximum Gasteiger partial charge on any atom is 0.251 e. The van der Waals surface area contributed by atoms with Crippen LogP contribution in [0.2, 0.25) is 10.0 Å². The van der Waals surface area contributed by atoms with Gasteiger partial charge in [-0.15, -0.1) is 0 Å². The van der Waals surface area contributed by atoms with Crippen LogP contribution in [0.15, 0.2) is 12.1 Å². The van der Waals surface area contributed by atoms with E-state index in [-0.39, 0.29) is 12.3 Å². The molecule has 3 nitrogen and oxygen atoms in total. The second-order valence-electron chi connectivity index (χ2n) is 4.97. The lowest BCUT2D eigenvalue weighted by Gasteiger charge is -2.28. The zero-order valence-electron chi connectivity index (χ0n) is 11.5. The van der Waals surface area contributed by atoms with Crippen molar-refractivity contribution in [2.45, 2.75) is 39.2 Å². The summed E-state index contributed by atoms with van der Waals surface area (Å²) in [6, 6.07) is 3.10. The van der Waals surface area contributed by atoms with Crippen LogP contribution in [0.3, 0.4) is 0 Å². The molecule has 0 saturated carbocycles. The molecule has 1 rings (SSSR count). The summed E-state index contributed by atoms with van der Waals surface area (Å²) in [5, 5.41) is 3.16. The van der Waals surface area contributed by atoms with Gasteiger partial charge in [-0.2, -0.15) is 0 Å². The Kier molecular flexibility index (Phi) is 5.87. The zero-order valence-corrected chi connectivity index (χ0v) is 13.8. The lowest BCUT2D eigenvalue weighted by Crippen LogP contribution is -2.46. The Bertz CT molecular complexity index is 522. The number of amides is 1. The zero-order chi connectivity index (χ0) is 15.5. The Labute approximate surface area is 133 Å². The van der Waals surface area contributed by atoms with Crippen molar-refractivity contribution in [3.05, 3.63) is 33.3 Å². The normalized spacial score (nSPS) is 13.7. The minimum atomic E-state index is -0.695. The van der Waals surface area contributed by atoms with E-state index in [1.165, 1.54) is 0 Å². The Morgan fingerprint density at radius 3 is 2.15 bits per heavy atom. The second-order valence-corrected chi connectivity index (χ2v) is 6.20. The standard InChI is InChI=1S/C14H16Cl3NO2/c1-4-14(3,7-12(17)19)18-13(20)9-5-10(15)8(2)11(16)6-9/h5-6H,4,7H2,1-3H3,(H,18,20)/t14-/m0/s1. The van der Waals surface area contributed by atoms with Crippen LogP contribution in [0.25, 0.3) is 0 Å². The van der Waals surface area contributed by atoms with E-state index in [0.717, 1.165) is 5.56 Å². The number of hydrogen-bond acceptors (Lipinski definition) is 2. The Morgan fingerprint density at radius 2 is 1.75 bits per heavy atom. The number of rotatable bonds is 5. The summed E-state index contributed by atoms with van der Waals surface area (Å²) < 4.78 is 0. The van der Waals surface area contributed by atoms with Gasteiger partial charge >= 0.3 is 0 Å². The van der Waals surface area contributed by atoms with E-state index in [1.807, 2.05) is 6.92 Å². The first-order valence-electron chi connectivity index (χ1n) is 6.15. The third-order valence-corrected chi connectivity index (χ3v) is 4.19. The first-order valence-corrected chi connectivity index (χ1v) is 7.28. The van der Waals surface area contributed by atoms with Gasteiger partial charge in [0.05, 0.1) is 0 Å². The first kappa shape index (κ1) is 17.3. The van der Waals surface area contributed by atoms with Crippen LogP contribution in [0.5, 0.6) is 0 Å². The number of halogens is 3. The fourth-order valence-electron chi connectivity index (χ4n) is 1.69. The van der Waals surface area contributed by atoms with Crippen molar-refractivity contribution in [2.75, 3.05) is 0 Å². The van der Waals surface area contributed by atoms with Crippen molar-refractivity contribution in [1.82, 2.24) is 5.32 Å². The van der Waals surface area contributed by atoms with Crippen molar-refractivity contribution in [2.24, 2.45) is 0 Å². The first-order chi connectivity index (χ1) is 9.18. The smallest absolute Gasteiger partial charge is 0.251 e. The molecule has 0 spiro atoms. The quantitative estimate of drug-likeness (QED) is 0.812. The molecule has 0 radical (unpaired) electrons. The summed E-state index contributed by atoms with van der Waals surface area (Å²) in [6.45, 7) is 5.41. The largest absolute Gasteiger partial charge is 0.346 e. The summed E-state index contributed by atoms with van der Waals surface area (Å²) in [4.78, 5) is 23.3. The molecule has 0 saturated heterocycles. The van der Waals surface area contributed by atoms with Crippen LogP contribution < -0.4 is 5.32 Å². The van der Waals surface area contributed by atoms with Crippen molar-refractivity contribution in [3.63, 3.8) is 0 Å². The highest BCUT2D eigenvalue weighted by Crippen LogP contribution is 2.26. The third-order valence-electron chi connectivity index (χ3n) is 3.27. The Morgan fingerprint density at radius 1 is 1.25 bits per heavy atom. The summed E-state index contributed by atoms with van der Waals surface area (Å²) in [6.07, 6.45) is 0.634. The van der Waals surface area contributed by atoms with Crippen molar-refractivity contribution in [3.8, 4) is 0 Å². The molecule has 1 aromatic rings. The second kappa shape index (κ2) is 6.79. The van der Waals surface area contributed by atoms with Gasteiger partial charge in [-0.1, -0.05) is 30.1 Å². The molecule has 1 N–H and O–H groups in total. The van der Waals surface area contributed by atoms with Crippen LogP contribution in [0, 0.1) is 6.92 Å². The lowest BCUT2D eigenvalue weighted by molar-refractivity contribution is -0.112. The SMILES string of the molecule is CC[C@@](C)(CC(=O)Cl)NC(=O)c1cc(Cl)c(C)c(Cl)c1. The fourth-order valence-corrected chi connectivity index (χ4v) is 2.47. The van der Waals surface area contributed by atoms with E-state index in [1.54, 1.807) is 26.0 Å². The van der Waals surface area contributed by atoms with Crippen LogP contribution in [-0.2, 0) is 4.79 Å². The van der Waals surface area contributed by atoms with Crippen LogP contribution in [0.4, 0.5) is 0 Å². The summed E-state index contributed by atoms with van der Waals surface area (Å²) in [5.74, 6) is -0.337. The number of hydrogen-bond donors (Lipinski definition) is 1. The fraction of sp³-hybridized carbons (Fsp3) is 0.429. The molecule has 0 heterocycles. The van der Waals surface area contributed by atoms with E-state index in [0.29, 0.717) is 22.0 Å². The lowest BCUT2D eigenvalue weighted by atomic mass is 9.94. The van der Waals surface area contributed by atoms with Gasteiger partial charge in [0, 0.05) is 27.6 Å². The number of carbonyl (C=O) groups excluding carboxylic acids is 2. The van der Waals surface area contributed by atoms with Gasteiger partial charge in [-0.3, -0.25) is 9.59 Å². The van der Waals surface area contributed by atoms with Crippen LogP contribution in [-0.4, -0.2) is 16.7 Å². The van der Waals surface area contributed by atoms with Gasteiger partial charge in [-0.25, -0.2) is 0 Å². The van der Waals surface area contributed by atoms with Crippen molar-refractivity contribution >= 4 is 46.0 Å². The monoisotopic (exact) mass is 335 g/mol. The average molecular weight is 337 g/mol. The van der Waals surface area contributed by atoms with E-state index < -0.39 is 10.8 Å². The molecule has 0 aromatic heterocycles. The van der Waals surface area contributed by atoms with E-state index in [2.05, 4.69) is 5.32 Å². The highest BCUT2D eigenvalue weighted by Gasteiger charge is 2.27. The third kappa shape index (κ3) is 4.37. The average Bonchev–Trinajstić information content (AvgIpc) is 2.34. The van der Waals surface area contributed by atoms with E-state index in [9.17, 15) is 9.59 Å². The summed E-state index contributed by atoms with van der Waals surface area (Å²) in [7, 11) is 0. The van der Waals surface area contributed by atoms with Crippen LogP contribution >= 0.6 is 34.8 Å². The Balaban J connectivity index is 2.98. The Hall–Kier alpha value is -0.770. The molecule has 0 unspecified atom stereocenters. The molecule has 0 aliphatic rings. The molecule has 0 fully saturated rings. The maximum atomic E-state index is 12.2. The molecule has 6 heteroatoms. The number of nitrogens with one attached hydrogen (secondary N) is 1. The summed E-state index contributed by atoms with van der Waals surface area (Å²) in [5.41, 5.74) is 0.381. The van der Waals surface area contributed by atoms with E-state index in [4.69, 9.17) is 34.8 Å². The molecular weight excluding hydrogens is 321 g/mol. The minimum absolute atomic E-state index is 0.0596. The molecule has 110 valence electrons. The van der Waals surface area contributed by atoms with Gasteiger partial charge in [0.1, 0.15) is 0 Å². The molecule has 1 atom stereocenters. The predicted octanol–water partition coefficient (Wildman–Crippen LogP) is 4.36. The summed E-state index contributed by atoms with van der Waals surface area (Å²) >= 11 is 17.4. The topological polar surface area (TPSA) is 46.2 Å². The number of benzene rings is 1. The van der Waals surface area contributed by atoms with Gasteiger partial charge < -0.3 is 5.32 Å². The molecule has 1 amide bonds. The minimum Gasteiger partial charge on any atom is -0.346 e. The maximum absolute atomic E-state index is 12.2. The number of carbonyl (C=O) groups is 2. The highest BCUT2D eigenvalue weighted by molar-refractivity contribution is 6.63. The van der Waals surface area contributed by atoms with Crippen molar-refractivity contribution < 1.29 is 9.59 Å². The van der Waals surface area contributed by atoms with Gasteiger partial charge in [0.25, 0.3) is 5.91 Å². The highest BCUT2D eigenvalue weighted by atomic mass is 35.5. The molecule has 0 bridgehead atoms. The van der Waals surface area contributed by atoms with Crippen molar-refractivity contribution in [1.29, 1.82) is 0 Å². The van der Waals surface area contributed by atoms with E-state index >= 15 is 0 Å². The molecule has 0 aliphatic carbocycles. The predicted molar refractivity (Wildman–Crippen MR) is 82.8 cm³/mol. The molecule has 1 aromatic carbocycles. The molecule has 20 heavy (non-hydrogen) atoms. The van der Waals surface area contributed by atoms with Crippen LogP contribution in [0.1, 0.15) is 42.6 Å². The van der Waals surface area contributed by atoms with Gasteiger partial charge in [0.15, 0.2) is 0 Å². The van der Waals surface area contributed by atoms with Gasteiger partial charge in [-0.05, 0) is 49.6 Å². The molecular formula is C14H16Cl3NO2.